The zero-order valence-electron chi connectivity index (χ0n) is 10.2. The minimum absolute atomic E-state index is 0.0529. The smallest absolute Gasteiger partial charge is 0.241 e. The topological polar surface area (TPSA) is 41.1 Å². The standard InChI is InChI=1S/C13H16ClFN2O/c1-8-3-2-6-16-12(8)13(18)17-9-4-5-10(14)11(15)7-9/h4-5,7-8,12,16H,2-3,6H2,1H3,(H,17,18). The highest BCUT2D eigenvalue weighted by Gasteiger charge is 2.27. The highest BCUT2D eigenvalue weighted by atomic mass is 35.5. The number of rotatable bonds is 2. The van der Waals surface area contributed by atoms with Crippen LogP contribution in [0.4, 0.5) is 10.1 Å². The molecule has 5 heteroatoms. The molecule has 0 aliphatic carbocycles. The summed E-state index contributed by atoms with van der Waals surface area (Å²) in [7, 11) is 0. The Balaban J connectivity index is 2.04. The van der Waals surface area contributed by atoms with Gasteiger partial charge in [-0.2, -0.15) is 0 Å². The summed E-state index contributed by atoms with van der Waals surface area (Å²) in [6.45, 7) is 2.89. The lowest BCUT2D eigenvalue weighted by molar-refractivity contribution is -0.119. The largest absolute Gasteiger partial charge is 0.325 e. The highest BCUT2D eigenvalue weighted by molar-refractivity contribution is 6.30. The number of hydrogen-bond donors (Lipinski definition) is 2. The van der Waals surface area contributed by atoms with Crippen LogP contribution in [-0.4, -0.2) is 18.5 Å². The van der Waals surface area contributed by atoms with Gasteiger partial charge < -0.3 is 10.6 Å². The molecule has 2 atom stereocenters. The van der Waals surface area contributed by atoms with Crippen molar-refractivity contribution in [1.29, 1.82) is 0 Å². The Morgan fingerprint density at radius 3 is 3.00 bits per heavy atom. The van der Waals surface area contributed by atoms with Crippen LogP contribution in [0.15, 0.2) is 18.2 Å². The number of halogens is 2. The molecule has 1 aliphatic rings. The molecule has 1 amide bonds. The molecule has 1 aromatic rings. The second-order valence-electron chi connectivity index (χ2n) is 4.67. The lowest BCUT2D eigenvalue weighted by Gasteiger charge is -2.28. The molecule has 2 rings (SSSR count). The molecule has 2 N–H and O–H groups in total. The van der Waals surface area contributed by atoms with E-state index in [1.807, 2.05) is 6.92 Å². The van der Waals surface area contributed by atoms with Gasteiger partial charge in [-0.1, -0.05) is 18.5 Å². The number of amides is 1. The van der Waals surface area contributed by atoms with E-state index in [0.29, 0.717) is 5.69 Å². The van der Waals surface area contributed by atoms with Crippen LogP contribution in [0.5, 0.6) is 0 Å². The Hall–Kier alpha value is -1.13. The monoisotopic (exact) mass is 270 g/mol. The van der Waals surface area contributed by atoms with Gasteiger partial charge in [-0.05, 0) is 43.5 Å². The maximum absolute atomic E-state index is 13.2. The second kappa shape index (κ2) is 5.67. The zero-order chi connectivity index (χ0) is 13.1. The first-order valence-corrected chi connectivity index (χ1v) is 6.45. The summed E-state index contributed by atoms with van der Waals surface area (Å²) in [6, 6.07) is 4.05. The minimum Gasteiger partial charge on any atom is -0.325 e. The third kappa shape index (κ3) is 3.00. The Morgan fingerprint density at radius 1 is 1.56 bits per heavy atom. The van der Waals surface area contributed by atoms with Gasteiger partial charge in [0.05, 0.1) is 11.1 Å². The summed E-state index contributed by atoms with van der Waals surface area (Å²) in [4.78, 5) is 12.0. The molecule has 1 saturated heterocycles. The molecule has 0 spiro atoms. The van der Waals surface area contributed by atoms with E-state index in [-0.39, 0.29) is 22.9 Å². The van der Waals surface area contributed by atoms with E-state index in [2.05, 4.69) is 10.6 Å². The summed E-state index contributed by atoms with van der Waals surface area (Å²) in [5.74, 6) is -0.362. The predicted octanol–water partition coefficient (Wildman–Crippen LogP) is 2.81. The lowest BCUT2D eigenvalue weighted by atomic mass is 9.92. The number of anilines is 1. The van der Waals surface area contributed by atoms with Gasteiger partial charge in [0, 0.05) is 5.69 Å². The van der Waals surface area contributed by atoms with E-state index in [1.165, 1.54) is 12.1 Å². The molecule has 3 nitrogen and oxygen atoms in total. The number of carbonyl (C=O) groups is 1. The molecular weight excluding hydrogens is 255 g/mol. The second-order valence-corrected chi connectivity index (χ2v) is 5.08. The van der Waals surface area contributed by atoms with Crippen LogP contribution in [-0.2, 0) is 4.79 Å². The molecule has 0 radical (unpaired) electrons. The summed E-state index contributed by atoms with van der Waals surface area (Å²) in [5.41, 5.74) is 0.432. The fourth-order valence-corrected chi connectivity index (χ4v) is 2.31. The van der Waals surface area contributed by atoms with E-state index in [4.69, 9.17) is 11.6 Å². The highest BCUT2D eigenvalue weighted by Crippen LogP contribution is 2.21. The third-order valence-corrected chi connectivity index (χ3v) is 3.55. The van der Waals surface area contributed by atoms with Gasteiger partial charge >= 0.3 is 0 Å². The Morgan fingerprint density at radius 2 is 2.33 bits per heavy atom. The first-order chi connectivity index (χ1) is 8.58. The molecule has 2 unspecified atom stereocenters. The van der Waals surface area contributed by atoms with Crippen LogP contribution in [0.1, 0.15) is 19.8 Å². The average Bonchev–Trinajstić information content (AvgIpc) is 2.34. The van der Waals surface area contributed by atoms with Crippen LogP contribution in [0.25, 0.3) is 0 Å². The molecule has 0 bridgehead atoms. The SMILES string of the molecule is CC1CCCNC1C(=O)Nc1ccc(Cl)c(F)c1. The quantitative estimate of drug-likeness (QED) is 0.868. The number of hydrogen-bond acceptors (Lipinski definition) is 2. The van der Waals surface area contributed by atoms with Crippen molar-refractivity contribution in [2.45, 2.75) is 25.8 Å². The molecule has 1 aliphatic heterocycles. The fourth-order valence-electron chi connectivity index (χ4n) is 2.19. The van der Waals surface area contributed by atoms with Crippen molar-refractivity contribution in [1.82, 2.24) is 5.32 Å². The summed E-state index contributed by atoms with van der Waals surface area (Å²) in [6.07, 6.45) is 2.11. The summed E-state index contributed by atoms with van der Waals surface area (Å²) < 4.78 is 13.2. The Bertz CT molecular complexity index is 453. The first kappa shape index (κ1) is 13.3. The molecule has 1 heterocycles. The first-order valence-electron chi connectivity index (χ1n) is 6.07. The van der Waals surface area contributed by atoms with E-state index in [1.54, 1.807) is 6.07 Å². The van der Waals surface area contributed by atoms with Crippen LogP contribution in [0.3, 0.4) is 0 Å². The van der Waals surface area contributed by atoms with Gasteiger partial charge in [-0.15, -0.1) is 0 Å². The number of piperidine rings is 1. The third-order valence-electron chi connectivity index (χ3n) is 3.24. The molecule has 1 aromatic carbocycles. The van der Waals surface area contributed by atoms with Crippen LogP contribution >= 0.6 is 11.6 Å². The van der Waals surface area contributed by atoms with Gasteiger partial charge in [0.1, 0.15) is 5.82 Å². The van der Waals surface area contributed by atoms with E-state index < -0.39 is 5.82 Å². The van der Waals surface area contributed by atoms with Crippen molar-refractivity contribution in [3.05, 3.63) is 29.0 Å². The van der Waals surface area contributed by atoms with Crippen molar-refractivity contribution in [3.63, 3.8) is 0 Å². The van der Waals surface area contributed by atoms with Gasteiger partial charge in [0.25, 0.3) is 0 Å². The molecule has 0 saturated carbocycles. The maximum atomic E-state index is 13.2. The average molecular weight is 271 g/mol. The van der Waals surface area contributed by atoms with Crippen LogP contribution in [0, 0.1) is 11.7 Å². The Kier molecular flexibility index (Phi) is 4.19. The summed E-state index contributed by atoms with van der Waals surface area (Å²) in [5, 5.41) is 5.95. The normalized spacial score (nSPS) is 23.7. The fraction of sp³-hybridized carbons (Fsp3) is 0.462. The molecule has 1 fully saturated rings. The molecule has 98 valence electrons. The zero-order valence-corrected chi connectivity index (χ0v) is 10.9. The van der Waals surface area contributed by atoms with Gasteiger partial charge in [-0.3, -0.25) is 4.79 Å². The van der Waals surface area contributed by atoms with Crippen LogP contribution in [0.2, 0.25) is 5.02 Å². The summed E-state index contributed by atoms with van der Waals surface area (Å²) >= 11 is 5.59. The van der Waals surface area contributed by atoms with Gasteiger partial charge in [0.15, 0.2) is 0 Å². The van der Waals surface area contributed by atoms with Crippen molar-refractivity contribution in [2.24, 2.45) is 5.92 Å². The van der Waals surface area contributed by atoms with Crippen molar-refractivity contribution < 1.29 is 9.18 Å². The Labute approximate surface area is 111 Å². The maximum Gasteiger partial charge on any atom is 0.241 e. The van der Waals surface area contributed by atoms with Crippen molar-refractivity contribution in [2.75, 3.05) is 11.9 Å². The molecule has 0 aromatic heterocycles. The number of nitrogens with one attached hydrogen (secondary N) is 2. The van der Waals surface area contributed by atoms with E-state index in [9.17, 15) is 9.18 Å². The van der Waals surface area contributed by atoms with E-state index >= 15 is 0 Å². The van der Waals surface area contributed by atoms with Crippen molar-refractivity contribution >= 4 is 23.2 Å². The van der Waals surface area contributed by atoms with Crippen LogP contribution < -0.4 is 10.6 Å². The van der Waals surface area contributed by atoms with Gasteiger partial charge in [0.2, 0.25) is 5.91 Å². The molecule has 18 heavy (non-hydrogen) atoms. The number of benzene rings is 1. The van der Waals surface area contributed by atoms with E-state index in [0.717, 1.165) is 19.4 Å². The van der Waals surface area contributed by atoms with Crippen molar-refractivity contribution in [3.8, 4) is 0 Å². The minimum atomic E-state index is -0.529. The van der Waals surface area contributed by atoms with Gasteiger partial charge in [-0.25, -0.2) is 4.39 Å². The number of carbonyl (C=O) groups excluding carboxylic acids is 1. The predicted molar refractivity (Wildman–Crippen MR) is 70.2 cm³/mol. The molecular formula is C13H16ClFN2O. The lowest BCUT2D eigenvalue weighted by Crippen LogP contribution is -2.48.